The van der Waals surface area contributed by atoms with Crippen molar-refractivity contribution in [2.75, 3.05) is 11.4 Å². The van der Waals surface area contributed by atoms with E-state index >= 15 is 0 Å². The number of benzene rings is 2. The van der Waals surface area contributed by atoms with Gasteiger partial charge >= 0.3 is 0 Å². The van der Waals surface area contributed by atoms with Gasteiger partial charge in [0, 0.05) is 23.2 Å². The molecule has 0 bridgehead atoms. The summed E-state index contributed by atoms with van der Waals surface area (Å²) in [6.45, 7) is 1.54. The lowest BCUT2D eigenvalue weighted by molar-refractivity contribution is -0.132. The third-order valence-corrected chi connectivity index (χ3v) is 5.40. The Kier molecular flexibility index (Phi) is 5.71. The number of carbonyl (C=O) groups is 2. The van der Waals surface area contributed by atoms with Crippen LogP contribution in [0, 0.1) is 5.92 Å². The lowest BCUT2D eigenvalue weighted by Gasteiger charge is -2.17. The average Bonchev–Trinajstić information content (AvgIpc) is 3.36. The van der Waals surface area contributed by atoms with E-state index in [9.17, 15) is 9.59 Å². The minimum Gasteiger partial charge on any atom is -0.351 e. The molecule has 2 amide bonds. The van der Waals surface area contributed by atoms with Crippen molar-refractivity contribution in [3.63, 3.8) is 0 Å². The second-order valence-electron chi connectivity index (χ2n) is 6.94. The standard InChI is InChI=1S/C21H20BrN5O2/c22-17-5-2-6-18(10-17)27-8-7-19(21(27)29)20(28)24-11-15-3-1-4-16(9-15)12-26-14-23-13-25-26/h1-6,9-10,13-14,19H,7-8,11-12H2,(H,24,28). The van der Waals surface area contributed by atoms with E-state index in [4.69, 9.17) is 0 Å². The molecule has 1 aromatic heterocycles. The molecule has 1 N–H and O–H groups in total. The SMILES string of the molecule is O=C(NCc1cccc(Cn2cncn2)c1)C1CCN(c2cccc(Br)c2)C1=O. The maximum absolute atomic E-state index is 12.7. The third-order valence-electron chi connectivity index (χ3n) is 4.91. The lowest BCUT2D eigenvalue weighted by Crippen LogP contribution is -2.36. The Morgan fingerprint density at radius 3 is 2.79 bits per heavy atom. The van der Waals surface area contributed by atoms with Gasteiger partial charge in [0.05, 0.1) is 6.54 Å². The van der Waals surface area contributed by atoms with E-state index in [1.54, 1.807) is 15.9 Å². The van der Waals surface area contributed by atoms with Gasteiger partial charge in [-0.1, -0.05) is 46.3 Å². The number of nitrogens with zero attached hydrogens (tertiary/aromatic N) is 4. The van der Waals surface area contributed by atoms with Gasteiger partial charge in [-0.15, -0.1) is 0 Å². The van der Waals surface area contributed by atoms with Gasteiger partial charge in [-0.2, -0.15) is 5.10 Å². The first kappa shape index (κ1) is 19.3. The van der Waals surface area contributed by atoms with Crippen LogP contribution in [0.2, 0.25) is 0 Å². The Morgan fingerprint density at radius 1 is 1.17 bits per heavy atom. The smallest absolute Gasteiger partial charge is 0.239 e. The molecule has 0 radical (unpaired) electrons. The molecule has 1 fully saturated rings. The number of anilines is 1. The Labute approximate surface area is 176 Å². The fourth-order valence-electron chi connectivity index (χ4n) is 3.48. The summed E-state index contributed by atoms with van der Waals surface area (Å²) in [5.41, 5.74) is 2.85. The van der Waals surface area contributed by atoms with Crippen LogP contribution in [-0.4, -0.2) is 33.1 Å². The summed E-state index contributed by atoms with van der Waals surface area (Å²) in [5.74, 6) is -1.03. The summed E-state index contributed by atoms with van der Waals surface area (Å²) >= 11 is 3.42. The molecule has 0 saturated carbocycles. The molecular formula is C21H20BrN5O2. The molecular weight excluding hydrogens is 434 g/mol. The minimum absolute atomic E-state index is 0.152. The maximum atomic E-state index is 12.7. The Bertz CT molecular complexity index is 1020. The number of rotatable bonds is 6. The molecule has 1 aliphatic heterocycles. The number of hydrogen-bond acceptors (Lipinski definition) is 4. The van der Waals surface area contributed by atoms with Crippen LogP contribution in [-0.2, 0) is 22.7 Å². The van der Waals surface area contributed by atoms with E-state index in [-0.39, 0.29) is 11.8 Å². The van der Waals surface area contributed by atoms with Gasteiger partial charge < -0.3 is 10.2 Å². The van der Waals surface area contributed by atoms with Crippen molar-refractivity contribution < 1.29 is 9.59 Å². The zero-order valence-corrected chi connectivity index (χ0v) is 17.2. The second-order valence-corrected chi connectivity index (χ2v) is 7.86. The van der Waals surface area contributed by atoms with E-state index < -0.39 is 5.92 Å². The molecule has 3 aromatic rings. The maximum Gasteiger partial charge on any atom is 0.239 e. The van der Waals surface area contributed by atoms with Crippen molar-refractivity contribution in [3.8, 4) is 0 Å². The molecule has 29 heavy (non-hydrogen) atoms. The van der Waals surface area contributed by atoms with E-state index in [1.165, 1.54) is 6.33 Å². The highest BCUT2D eigenvalue weighted by molar-refractivity contribution is 9.10. The van der Waals surface area contributed by atoms with Gasteiger partial charge in [-0.25, -0.2) is 9.67 Å². The highest BCUT2D eigenvalue weighted by atomic mass is 79.9. The molecule has 1 saturated heterocycles. The van der Waals surface area contributed by atoms with Crippen LogP contribution < -0.4 is 10.2 Å². The van der Waals surface area contributed by atoms with Crippen LogP contribution in [0.25, 0.3) is 0 Å². The van der Waals surface area contributed by atoms with Crippen LogP contribution in [0.3, 0.4) is 0 Å². The summed E-state index contributed by atoms with van der Waals surface area (Å²) in [7, 11) is 0. The molecule has 8 heteroatoms. The first-order valence-electron chi connectivity index (χ1n) is 9.35. The van der Waals surface area contributed by atoms with E-state index in [0.29, 0.717) is 26.1 Å². The summed E-state index contributed by atoms with van der Waals surface area (Å²) < 4.78 is 2.65. The molecule has 4 rings (SSSR count). The number of nitrogens with one attached hydrogen (secondary N) is 1. The number of halogens is 1. The zero-order valence-electron chi connectivity index (χ0n) is 15.7. The van der Waals surface area contributed by atoms with Crippen LogP contribution in [0.5, 0.6) is 0 Å². The molecule has 0 aliphatic carbocycles. The van der Waals surface area contributed by atoms with Crippen molar-refractivity contribution in [1.82, 2.24) is 20.1 Å². The number of aromatic nitrogens is 3. The summed E-state index contributed by atoms with van der Waals surface area (Å²) in [5, 5.41) is 7.01. The van der Waals surface area contributed by atoms with Crippen LogP contribution >= 0.6 is 15.9 Å². The minimum atomic E-state index is -0.646. The van der Waals surface area contributed by atoms with Crippen LogP contribution in [0.15, 0.2) is 65.7 Å². The molecule has 2 aromatic carbocycles. The Hall–Kier alpha value is -3.00. The van der Waals surface area contributed by atoms with E-state index in [1.807, 2.05) is 48.5 Å². The summed E-state index contributed by atoms with van der Waals surface area (Å²) in [6, 6.07) is 15.5. The number of hydrogen-bond donors (Lipinski definition) is 1. The van der Waals surface area contributed by atoms with Crippen LogP contribution in [0.1, 0.15) is 17.5 Å². The largest absolute Gasteiger partial charge is 0.351 e. The monoisotopic (exact) mass is 453 g/mol. The number of amides is 2. The van der Waals surface area contributed by atoms with Crippen molar-refractivity contribution in [3.05, 3.63) is 76.8 Å². The van der Waals surface area contributed by atoms with Crippen molar-refractivity contribution >= 4 is 33.4 Å². The predicted molar refractivity (Wildman–Crippen MR) is 112 cm³/mol. The number of carbonyl (C=O) groups excluding carboxylic acids is 2. The van der Waals surface area contributed by atoms with E-state index in [0.717, 1.165) is 21.3 Å². The second kappa shape index (κ2) is 8.57. The van der Waals surface area contributed by atoms with Crippen molar-refractivity contribution in [2.24, 2.45) is 5.92 Å². The van der Waals surface area contributed by atoms with Crippen molar-refractivity contribution in [2.45, 2.75) is 19.5 Å². The van der Waals surface area contributed by atoms with Gasteiger partial charge in [0.15, 0.2) is 0 Å². The fourth-order valence-corrected chi connectivity index (χ4v) is 3.86. The lowest BCUT2D eigenvalue weighted by atomic mass is 10.1. The predicted octanol–water partition coefficient (Wildman–Crippen LogP) is 2.76. The molecule has 1 aliphatic rings. The topological polar surface area (TPSA) is 80.1 Å². The van der Waals surface area contributed by atoms with Gasteiger partial charge in [0.25, 0.3) is 0 Å². The molecule has 7 nitrogen and oxygen atoms in total. The van der Waals surface area contributed by atoms with Gasteiger partial charge in [-0.3, -0.25) is 9.59 Å². The van der Waals surface area contributed by atoms with Crippen LogP contribution in [0.4, 0.5) is 5.69 Å². The molecule has 1 unspecified atom stereocenters. The first-order chi connectivity index (χ1) is 14.1. The van der Waals surface area contributed by atoms with Gasteiger partial charge in [-0.05, 0) is 35.7 Å². The highest BCUT2D eigenvalue weighted by Crippen LogP contribution is 2.27. The highest BCUT2D eigenvalue weighted by Gasteiger charge is 2.37. The quantitative estimate of drug-likeness (QED) is 0.581. The normalized spacial score (nSPS) is 16.2. The fraction of sp³-hybridized carbons (Fsp3) is 0.238. The van der Waals surface area contributed by atoms with Gasteiger partial charge in [0.1, 0.15) is 18.6 Å². The molecule has 148 valence electrons. The van der Waals surface area contributed by atoms with E-state index in [2.05, 4.69) is 31.3 Å². The zero-order chi connectivity index (χ0) is 20.2. The average molecular weight is 454 g/mol. The molecule has 2 heterocycles. The Morgan fingerprint density at radius 2 is 2.00 bits per heavy atom. The molecule has 1 atom stereocenters. The Balaban J connectivity index is 1.36. The first-order valence-corrected chi connectivity index (χ1v) is 10.1. The molecule has 0 spiro atoms. The van der Waals surface area contributed by atoms with Gasteiger partial charge in [0.2, 0.25) is 11.8 Å². The van der Waals surface area contributed by atoms with Crippen molar-refractivity contribution in [1.29, 1.82) is 0 Å². The third kappa shape index (κ3) is 4.54. The summed E-state index contributed by atoms with van der Waals surface area (Å²) in [4.78, 5) is 31.0. The summed E-state index contributed by atoms with van der Waals surface area (Å²) in [6.07, 6.45) is 3.68.